The van der Waals surface area contributed by atoms with Gasteiger partial charge in [0, 0.05) is 25.0 Å². The minimum atomic E-state index is -3.41. The second-order valence-corrected chi connectivity index (χ2v) is 9.20. The van der Waals surface area contributed by atoms with Crippen LogP contribution in [0.4, 0.5) is 0 Å². The maximum atomic E-state index is 12.7. The van der Waals surface area contributed by atoms with Crippen LogP contribution in [0.25, 0.3) is 11.0 Å². The zero-order valence-corrected chi connectivity index (χ0v) is 17.0. The van der Waals surface area contributed by atoms with Crippen LogP contribution in [0.1, 0.15) is 35.4 Å². The van der Waals surface area contributed by atoms with Crippen molar-refractivity contribution in [1.29, 1.82) is 0 Å². The monoisotopic (exact) mass is 412 g/mol. The molecule has 4 rings (SSSR count). The van der Waals surface area contributed by atoms with Crippen molar-refractivity contribution in [3.8, 4) is 0 Å². The molecule has 1 amide bonds. The minimum absolute atomic E-state index is 0.259. The van der Waals surface area contributed by atoms with Gasteiger partial charge in [0.2, 0.25) is 10.0 Å². The van der Waals surface area contributed by atoms with Crippen molar-refractivity contribution >= 4 is 26.9 Å². The average molecular weight is 413 g/mol. The minimum Gasteiger partial charge on any atom is -0.451 e. The first kappa shape index (κ1) is 19.7. The van der Waals surface area contributed by atoms with Gasteiger partial charge in [-0.15, -0.1) is 0 Å². The van der Waals surface area contributed by atoms with E-state index < -0.39 is 10.0 Å². The number of carbonyl (C=O) groups is 1. The molecule has 0 unspecified atom stereocenters. The number of nitrogens with one attached hydrogen (secondary N) is 1. The summed E-state index contributed by atoms with van der Waals surface area (Å²) in [5.41, 5.74) is 1.65. The summed E-state index contributed by atoms with van der Waals surface area (Å²) in [6.07, 6.45) is 3.53. The van der Waals surface area contributed by atoms with Crippen LogP contribution >= 0.6 is 0 Å². The molecule has 2 heterocycles. The highest BCUT2D eigenvalue weighted by Gasteiger charge is 2.25. The molecule has 1 N–H and O–H groups in total. The van der Waals surface area contributed by atoms with Crippen LogP contribution in [-0.2, 0) is 16.4 Å². The molecule has 0 bridgehead atoms. The molecule has 0 aliphatic carbocycles. The molecule has 1 aliphatic rings. The van der Waals surface area contributed by atoms with Gasteiger partial charge in [-0.1, -0.05) is 36.8 Å². The van der Waals surface area contributed by atoms with Gasteiger partial charge < -0.3 is 9.73 Å². The number of carbonyl (C=O) groups excluding carboxylic acids is 1. The van der Waals surface area contributed by atoms with Crippen LogP contribution < -0.4 is 5.32 Å². The summed E-state index contributed by atoms with van der Waals surface area (Å²) in [5, 5.41) is 3.74. The largest absolute Gasteiger partial charge is 0.451 e. The Morgan fingerprint density at radius 1 is 1.00 bits per heavy atom. The summed E-state index contributed by atoms with van der Waals surface area (Å²) < 4.78 is 32.5. The van der Waals surface area contributed by atoms with Crippen molar-refractivity contribution in [1.82, 2.24) is 9.62 Å². The van der Waals surface area contributed by atoms with Gasteiger partial charge in [-0.25, -0.2) is 8.42 Å². The molecule has 7 heteroatoms. The fourth-order valence-electron chi connectivity index (χ4n) is 3.58. The Balaban J connectivity index is 1.33. The Morgan fingerprint density at radius 3 is 2.45 bits per heavy atom. The van der Waals surface area contributed by atoms with Gasteiger partial charge in [0.15, 0.2) is 5.76 Å². The molecule has 1 saturated heterocycles. The van der Waals surface area contributed by atoms with Crippen molar-refractivity contribution in [3.05, 3.63) is 65.9 Å². The number of hydrogen-bond donors (Lipinski definition) is 1. The lowest BCUT2D eigenvalue weighted by Crippen LogP contribution is -2.35. The van der Waals surface area contributed by atoms with E-state index in [1.165, 1.54) is 0 Å². The lowest BCUT2D eigenvalue weighted by atomic mass is 10.1. The first-order valence-corrected chi connectivity index (χ1v) is 11.3. The van der Waals surface area contributed by atoms with E-state index in [1.807, 2.05) is 36.4 Å². The molecule has 1 aliphatic heterocycles. The third kappa shape index (κ3) is 4.36. The number of fused-ring (bicyclic) bond motifs is 1. The van der Waals surface area contributed by atoms with Gasteiger partial charge in [-0.3, -0.25) is 4.79 Å². The van der Waals surface area contributed by atoms with E-state index in [-0.39, 0.29) is 11.7 Å². The lowest BCUT2D eigenvalue weighted by Gasteiger charge is -2.25. The second-order valence-electron chi connectivity index (χ2n) is 7.26. The highest BCUT2D eigenvalue weighted by Crippen LogP contribution is 2.21. The number of nitrogens with zero attached hydrogens (tertiary/aromatic N) is 1. The molecule has 0 saturated carbocycles. The van der Waals surface area contributed by atoms with E-state index in [4.69, 9.17) is 4.42 Å². The van der Waals surface area contributed by atoms with Crippen LogP contribution in [0.5, 0.6) is 0 Å². The highest BCUT2D eigenvalue weighted by atomic mass is 32.2. The summed E-state index contributed by atoms with van der Waals surface area (Å²) in [4.78, 5) is 12.6. The lowest BCUT2D eigenvalue weighted by molar-refractivity contribution is 0.0928. The van der Waals surface area contributed by atoms with E-state index in [0.717, 1.165) is 30.2 Å². The summed E-state index contributed by atoms with van der Waals surface area (Å²) in [6.45, 7) is 1.63. The topological polar surface area (TPSA) is 79.6 Å². The Kier molecular flexibility index (Phi) is 5.69. The zero-order chi connectivity index (χ0) is 20.3. The molecular weight excluding hydrogens is 388 g/mol. The predicted molar refractivity (Wildman–Crippen MR) is 111 cm³/mol. The van der Waals surface area contributed by atoms with E-state index in [0.29, 0.717) is 36.5 Å². The molecule has 2 aromatic carbocycles. The molecule has 3 aromatic rings. The number of piperidine rings is 1. The number of benzene rings is 2. The van der Waals surface area contributed by atoms with Crippen molar-refractivity contribution in [3.63, 3.8) is 0 Å². The first-order valence-electron chi connectivity index (χ1n) is 9.90. The molecule has 152 valence electrons. The van der Waals surface area contributed by atoms with Crippen LogP contribution in [-0.4, -0.2) is 38.3 Å². The Bertz CT molecular complexity index is 1060. The number of rotatable bonds is 6. The predicted octanol–water partition coefficient (Wildman–Crippen LogP) is 3.58. The molecule has 0 radical (unpaired) electrons. The maximum absolute atomic E-state index is 12.7. The van der Waals surface area contributed by atoms with Gasteiger partial charge in [-0.05, 0) is 49.1 Å². The van der Waals surface area contributed by atoms with Crippen molar-refractivity contribution in [2.24, 2.45) is 0 Å². The molecule has 29 heavy (non-hydrogen) atoms. The Morgan fingerprint density at radius 2 is 1.72 bits per heavy atom. The fraction of sp³-hybridized carbons (Fsp3) is 0.318. The number of sulfonamides is 1. The van der Waals surface area contributed by atoms with Gasteiger partial charge in [0.25, 0.3) is 5.91 Å². The van der Waals surface area contributed by atoms with Crippen molar-refractivity contribution in [2.75, 3.05) is 19.6 Å². The molecule has 0 spiro atoms. The highest BCUT2D eigenvalue weighted by molar-refractivity contribution is 7.89. The maximum Gasteiger partial charge on any atom is 0.287 e. The zero-order valence-electron chi connectivity index (χ0n) is 16.1. The standard InChI is InChI=1S/C22H24N2O4S/c25-22(21-16-18-6-2-3-7-20(18)28-21)23-13-12-17-8-10-19(11-9-17)29(26,27)24-14-4-1-5-15-24/h2-3,6-11,16H,1,4-5,12-15H2,(H,23,25). The van der Waals surface area contributed by atoms with E-state index in [1.54, 1.807) is 22.5 Å². The third-order valence-corrected chi connectivity index (χ3v) is 7.14. The van der Waals surface area contributed by atoms with E-state index in [2.05, 4.69) is 5.32 Å². The van der Waals surface area contributed by atoms with Crippen molar-refractivity contribution in [2.45, 2.75) is 30.6 Å². The van der Waals surface area contributed by atoms with E-state index in [9.17, 15) is 13.2 Å². The SMILES string of the molecule is O=C(NCCc1ccc(S(=O)(=O)N2CCCCC2)cc1)c1cc2ccccc2o1. The molecule has 1 aromatic heterocycles. The quantitative estimate of drug-likeness (QED) is 0.671. The van der Waals surface area contributed by atoms with Gasteiger partial charge in [0.1, 0.15) is 5.58 Å². The number of amides is 1. The number of para-hydroxylation sites is 1. The first-order chi connectivity index (χ1) is 14.0. The van der Waals surface area contributed by atoms with E-state index >= 15 is 0 Å². The normalized spacial score (nSPS) is 15.4. The summed E-state index contributed by atoms with van der Waals surface area (Å²) in [6, 6.07) is 16.1. The van der Waals surface area contributed by atoms with Crippen LogP contribution in [0.3, 0.4) is 0 Å². The molecule has 0 atom stereocenters. The smallest absolute Gasteiger partial charge is 0.287 e. The summed E-state index contributed by atoms with van der Waals surface area (Å²) in [5.74, 6) is 0.0275. The van der Waals surface area contributed by atoms with Crippen LogP contribution in [0, 0.1) is 0 Å². The third-order valence-electron chi connectivity index (χ3n) is 5.22. The van der Waals surface area contributed by atoms with Gasteiger partial charge >= 0.3 is 0 Å². The summed E-state index contributed by atoms with van der Waals surface area (Å²) >= 11 is 0. The van der Waals surface area contributed by atoms with Gasteiger partial charge in [0.05, 0.1) is 4.90 Å². The fourth-order valence-corrected chi connectivity index (χ4v) is 5.10. The number of furan rings is 1. The average Bonchev–Trinajstić information content (AvgIpc) is 3.19. The van der Waals surface area contributed by atoms with Gasteiger partial charge in [-0.2, -0.15) is 4.31 Å². The van der Waals surface area contributed by atoms with Crippen molar-refractivity contribution < 1.29 is 17.6 Å². The number of hydrogen-bond acceptors (Lipinski definition) is 4. The Hall–Kier alpha value is -2.64. The van der Waals surface area contributed by atoms with Crippen LogP contribution in [0.2, 0.25) is 0 Å². The van der Waals surface area contributed by atoms with Crippen LogP contribution in [0.15, 0.2) is 63.9 Å². The Labute approximate surface area is 170 Å². The molecular formula is C22H24N2O4S. The summed E-state index contributed by atoms with van der Waals surface area (Å²) in [7, 11) is -3.41. The molecule has 6 nitrogen and oxygen atoms in total. The second kappa shape index (κ2) is 8.39. The molecule has 1 fully saturated rings.